The van der Waals surface area contributed by atoms with E-state index in [0.717, 1.165) is 0 Å². The number of carbonyl (C=O) groups is 1. The molecule has 0 saturated heterocycles. The quantitative estimate of drug-likeness (QED) is 0.846. The van der Waals surface area contributed by atoms with E-state index in [-0.39, 0.29) is 18.2 Å². The van der Waals surface area contributed by atoms with Gasteiger partial charge in [-0.2, -0.15) is 0 Å². The van der Waals surface area contributed by atoms with Crippen LogP contribution in [0.3, 0.4) is 0 Å². The van der Waals surface area contributed by atoms with Crippen molar-refractivity contribution in [1.29, 1.82) is 0 Å². The number of rotatable bonds is 4. The zero-order chi connectivity index (χ0) is 14.1. The van der Waals surface area contributed by atoms with Gasteiger partial charge in [0.15, 0.2) is 5.69 Å². The Morgan fingerprint density at radius 2 is 1.94 bits per heavy atom. The standard InChI is InChI=1S/C12H21N3O3/c1-7(2)8(16)6-15-10(12(3,4)5)9(11(17)18)13-14-15/h7-8,16H,6H2,1-5H3,(H,17,18). The van der Waals surface area contributed by atoms with Crippen molar-refractivity contribution in [3.05, 3.63) is 11.4 Å². The summed E-state index contributed by atoms with van der Waals surface area (Å²) in [6.07, 6.45) is -0.575. The molecule has 1 unspecified atom stereocenters. The lowest BCUT2D eigenvalue weighted by atomic mass is 9.90. The van der Waals surface area contributed by atoms with Gasteiger partial charge in [0.05, 0.1) is 18.3 Å². The highest BCUT2D eigenvalue weighted by Crippen LogP contribution is 2.25. The zero-order valence-electron chi connectivity index (χ0n) is 11.5. The second-order valence-electron chi connectivity index (χ2n) is 5.84. The van der Waals surface area contributed by atoms with Crippen molar-refractivity contribution in [2.24, 2.45) is 5.92 Å². The van der Waals surface area contributed by atoms with Gasteiger partial charge < -0.3 is 10.2 Å². The highest BCUT2D eigenvalue weighted by Gasteiger charge is 2.29. The number of carboxylic acids is 1. The fourth-order valence-corrected chi connectivity index (χ4v) is 1.72. The third-order valence-electron chi connectivity index (χ3n) is 2.78. The van der Waals surface area contributed by atoms with Crippen molar-refractivity contribution in [3.63, 3.8) is 0 Å². The van der Waals surface area contributed by atoms with Gasteiger partial charge in [-0.05, 0) is 5.92 Å². The van der Waals surface area contributed by atoms with E-state index in [1.807, 2.05) is 34.6 Å². The molecule has 1 aromatic rings. The van der Waals surface area contributed by atoms with Gasteiger partial charge in [-0.1, -0.05) is 39.8 Å². The molecule has 102 valence electrons. The molecule has 0 saturated carbocycles. The van der Waals surface area contributed by atoms with Crippen molar-refractivity contribution >= 4 is 5.97 Å². The Morgan fingerprint density at radius 1 is 1.39 bits per heavy atom. The molecule has 0 radical (unpaired) electrons. The monoisotopic (exact) mass is 255 g/mol. The summed E-state index contributed by atoms with van der Waals surface area (Å²) in [6.45, 7) is 9.75. The van der Waals surface area contributed by atoms with E-state index in [4.69, 9.17) is 5.11 Å². The first-order valence-corrected chi connectivity index (χ1v) is 6.00. The Bertz CT molecular complexity index is 432. The Kier molecular flexibility index (Phi) is 4.11. The molecule has 0 bridgehead atoms. The van der Waals surface area contributed by atoms with Gasteiger partial charge >= 0.3 is 5.97 Å². The highest BCUT2D eigenvalue weighted by molar-refractivity contribution is 5.86. The van der Waals surface area contributed by atoms with E-state index in [9.17, 15) is 9.90 Å². The van der Waals surface area contributed by atoms with Gasteiger partial charge in [0.2, 0.25) is 0 Å². The van der Waals surface area contributed by atoms with Gasteiger partial charge in [0.1, 0.15) is 0 Å². The van der Waals surface area contributed by atoms with Crippen molar-refractivity contribution in [2.45, 2.75) is 52.7 Å². The molecule has 6 heteroatoms. The number of hydrogen-bond donors (Lipinski definition) is 2. The summed E-state index contributed by atoms with van der Waals surface area (Å²) in [4.78, 5) is 11.1. The van der Waals surface area contributed by atoms with E-state index in [1.54, 1.807) is 0 Å². The van der Waals surface area contributed by atoms with Gasteiger partial charge in [0, 0.05) is 5.41 Å². The van der Waals surface area contributed by atoms with Crippen molar-refractivity contribution in [1.82, 2.24) is 15.0 Å². The van der Waals surface area contributed by atoms with Gasteiger partial charge in [0.25, 0.3) is 0 Å². The Balaban J connectivity index is 3.17. The average molecular weight is 255 g/mol. The molecule has 0 fully saturated rings. The Hall–Kier alpha value is -1.43. The predicted octanol–water partition coefficient (Wildman–Crippen LogP) is 1.29. The summed E-state index contributed by atoms with van der Waals surface area (Å²) in [5.41, 5.74) is 0.0987. The Labute approximate surface area is 107 Å². The van der Waals surface area contributed by atoms with Crippen molar-refractivity contribution in [2.75, 3.05) is 0 Å². The average Bonchev–Trinajstić information content (AvgIpc) is 2.60. The lowest BCUT2D eigenvalue weighted by Crippen LogP contribution is -2.28. The molecule has 1 heterocycles. The van der Waals surface area contributed by atoms with Crippen LogP contribution in [0.4, 0.5) is 0 Å². The van der Waals surface area contributed by atoms with Crippen LogP contribution in [0.1, 0.15) is 50.8 Å². The fourth-order valence-electron chi connectivity index (χ4n) is 1.72. The molecule has 0 aromatic carbocycles. The number of aliphatic hydroxyl groups is 1. The summed E-state index contributed by atoms with van der Waals surface area (Å²) in [7, 11) is 0. The van der Waals surface area contributed by atoms with Crippen LogP contribution in [0.15, 0.2) is 0 Å². The maximum atomic E-state index is 11.1. The van der Waals surface area contributed by atoms with Crippen LogP contribution in [-0.4, -0.2) is 37.3 Å². The van der Waals surface area contributed by atoms with Gasteiger partial charge in [-0.3, -0.25) is 0 Å². The van der Waals surface area contributed by atoms with Crippen LogP contribution in [0.2, 0.25) is 0 Å². The molecule has 0 amide bonds. The van der Waals surface area contributed by atoms with E-state index >= 15 is 0 Å². The molecule has 0 aliphatic heterocycles. The summed E-state index contributed by atoms with van der Waals surface area (Å²) in [6, 6.07) is 0. The second-order valence-corrected chi connectivity index (χ2v) is 5.84. The lowest BCUT2D eigenvalue weighted by molar-refractivity contribution is 0.0686. The van der Waals surface area contributed by atoms with E-state index in [0.29, 0.717) is 5.69 Å². The maximum Gasteiger partial charge on any atom is 0.358 e. The molecule has 0 aliphatic rings. The molecule has 0 aliphatic carbocycles. The third kappa shape index (κ3) is 3.07. The summed E-state index contributed by atoms with van der Waals surface area (Å²) < 4.78 is 1.49. The minimum absolute atomic E-state index is 0.0431. The molecule has 1 atom stereocenters. The molecule has 18 heavy (non-hydrogen) atoms. The number of aliphatic hydroxyl groups excluding tert-OH is 1. The van der Waals surface area contributed by atoms with Gasteiger partial charge in [-0.25, -0.2) is 9.48 Å². The number of aromatic nitrogens is 3. The van der Waals surface area contributed by atoms with Crippen molar-refractivity contribution < 1.29 is 15.0 Å². The first kappa shape index (κ1) is 14.6. The Morgan fingerprint density at radius 3 is 2.33 bits per heavy atom. The summed E-state index contributed by atoms with van der Waals surface area (Å²) in [5, 5.41) is 26.5. The zero-order valence-corrected chi connectivity index (χ0v) is 11.5. The van der Waals surface area contributed by atoms with E-state index in [1.165, 1.54) is 4.68 Å². The largest absolute Gasteiger partial charge is 0.476 e. The maximum absolute atomic E-state index is 11.1. The molecule has 1 rings (SSSR count). The summed E-state index contributed by atoms with van der Waals surface area (Å²) in [5.74, 6) is -1.01. The molecular weight excluding hydrogens is 234 g/mol. The number of hydrogen-bond acceptors (Lipinski definition) is 4. The number of aromatic carboxylic acids is 1. The van der Waals surface area contributed by atoms with Gasteiger partial charge in [-0.15, -0.1) is 5.10 Å². The van der Waals surface area contributed by atoms with Crippen LogP contribution in [0.25, 0.3) is 0 Å². The number of nitrogens with zero attached hydrogens (tertiary/aromatic N) is 3. The SMILES string of the molecule is CC(C)C(O)Cn1nnc(C(=O)O)c1C(C)(C)C. The number of carboxylic acid groups (broad SMARTS) is 1. The minimum Gasteiger partial charge on any atom is -0.476 e. The summed E-state index contributed by atoms with van der Waals surface area (Å²) >= 11 is 0. The molecule has 2 N–H and O–H groups in total. The highest BCUT2D eigenvalue weighted by atomic mass is 16.4. The predicted molar refractivity (Wildman–Crippen MR) is 66.5 cm³/mol. The first-order valence-electron chi connectivity index (χ1n) is 6.00. The van der Waals surface area contributed by atoms with Crippen LogP contribution in [-0.2, 0) is 12.0 Å². The third-order valence-corrected chi connectivity index (χ3v) is 2.78. The van der Waals surface area contributed by atoms with Crippen LogP contribution in [0.5, 0.6) is 0 Å². The van der Waals surface area contributed by atoms with Crippen LogP contribution < -0.4 is 0 Å². The normalized spacial score (nSPS) is 13.9. The molecule has 1 aromatic heterocycles. The van der Waals surface area contributed by atoms with Crippen molar-refractivity contribution in [3.8, 4) is 0 Å². The molecule has 0 spiro atoms. The second kappa shape index (κ2) is 5.06. The topological polar surface area (TPSA) is 88.2 Å². The molecular formula is C12H21N3O3. The lowest BCUT2D eigenvalue weighted by Gasteiger charge is -2.22. The molecule has 6 nitrogen and oxygen atoms in total. The van der Waals surface area contributed by atoms with Crippen LogP contribution in [0, 0.1) is 5.92 Å². The first-order chi connectivity index (χ1) is 8.14. The van der Waals surface area contributed by atoms with E-state index in [2.05, 4.69) is 10.3 Å². The fraction of sp³-hybridized carbons (Fsp3) is 0.750. The van der Waals surface area contributed by atoms with E-state index < -0.39 is 17.5 Å². The smallest absolute Gasteiger partial charge is 0.358 e. The minimum atomic E-state index is -1.09. The van der Waals surface area contributed by atoms with Crippen LogP contribution >= 0.6 is 0 Å².